The van der Waals surface area contributed by atoms with E-state index in [0.29, 0.717) is 11.5 Å². The van der Waals surface area contributed by atoms with Crippen molar-refractivity contribution in [2.24, 2.45) is 0 Å². The fourth-order valence-corrected chi connectivity index (χ4v) is 2.67. The minimum absolute atomic E-state index is 0.0218. The van der Waals surface area contributed by atoms with Crippen LogP contribution in [0.1, 0.15) is 12.8 Å². The molecule has 0 amide bonds. The minimum Gasteiger partial charge on any atom is -0.427 e. The highest BCUT2D eigenvalue weighted by molar-refractivity contribution is 7.98. The molecular weight excluding hydrogens is 344 g/mol. The van der Waals surface area contributed by atoms with Crippen molar-refractivity contribution in [2.75, 3.05) is 12.5 Å². The van der Waals surface area contributed by atoms with E-state index in [1.54, 1.807) is 47.8 Å². The van der Waals surface area contributed by atoms with Gasteiger partial charge in [0.05, 0.1) is 12.8 Å². The van der Waals surface area contributed by atoms with Gasteiger partial charge in [-0.25, -0.2) is 0 Å². The van der Waals surface area contributed by atoms with Crippen LogP contribution in [0.4, 0.5) is 0 Å². The average molecular weight is 362 g/mol. The maximum Gasteiger partial charge on any atom is 0.311 e. The van der Waals surface area contributed by atoms with Crippen LogP contribution >= 0.6 is 23.5 Å². The van der Waals surface area contributed by atoms with Crippen molar-refractivity contribution in [2.45, 2.75) is 22.6 Å². The molecule has 0 unspecified atom stereocenters. The van der Waals surface area contributed by atoms with Gasteiger partial charge in [0.15, 0.2) is 0 Å². The van der Waals surface area contributed by atoms with Crippen molar-refractivity contribution in [3.05, 3.63) is 48.5 Å². The smallest absolute Gasteiger partial charge is 0.311 e. The Labute approximate surface area is 149 Å². The van der Waals surface area contributed by atoms with Gasteiger partial charge in [0, 0.05) is 9.79 Å². The molecule has 0 saturated carbocycles. The van der Waals surface area contributed by atoms with Crippen LogP contribution in [0.5, 0.6) is 11.5 Å². The highest BCUT2D eigenvalue weighted by Gasteiger charge is 2.11. The van der Waals surface area contributed by atoms with E-state index in [9.17, 15) is 9.59 Å². The molecule has 6 heteroatoms. The topological polar surface area (TPSA) is 52.6 Å². The summed E-state index contributed by atoms with van der Waals surface area (Å²) >= 11 is 3.22. The van der Waals surface area contributed by atoms with Gasteiger partial charge in [0.25, 0.3) is 0 Å². The number of esters is 2. The molecule has 0 aromatic heterocycles. The molecule has 24 heavy (non-hydrogen) atoms. The highest BCUT2D eigenvalue weighted by atomic mass is 32.2. The Balaban J connectivity index is 1.76. The number of rotatable bonds is 7. The lowest BCUT2D eigenvalue weighted by Crippen LogP contribution is -2.14. The third kappa shape index (κ3) is 5.94. The summed E-state index contributed by atoms with van der Waals surface area (Å²) in [5.74, 6) is 0.0285. The van der Waals surface area contributed by atoms with Crippen LogP contribution < -0.4 is 9.47 Å². The van der Waals surface area contributed by atoms with Gasteiger partial charge in [-0.1, -0.05) is 0 Å². The summed E-state index contributed by atoms with van der Waals surface area (Å²) in [5, 5.41) is 0. The van der Waals surface area contributed by atoms with Gasteiger partial charge in [-0.15, -0.1) is 23.5 Å². The first-order chi connectivity index (χ1) is 11.6. The Hall–Kier alpha value is -1.92. The van der Waals surface area contributed by atoms with E-state index >= 15 is 0 Å². The maximum absolute atomic E-state index is 11.8. The van der Waals surface area contributed by atoms with E-state index in [1.807, 2.05) is 36.8 Å². The van der Waals surface area contributed by atoms with Gasteiger partial charge >= 0.3 is 11.9 Å². The van der Waals surface area contributed by atoms with Crippen molar-refractivity contribution < 1.29 is 19.1 Å². The number of hydrogen-bond acceptors (Lipinski definition) is 6. The molecule has 0 aliphatic rings. The number of thioether (sulfide) groups is 2. The molecule has 0 saturated heterocycles. The summed E-state index contributed by atoms with van der Waals surface area (Å²) < 4.78 is 10.4. The summed E-state index contributed by atoms with van der Waals surface area (Å²) in [6.45, 7) is 0. The quantitative estimate of drug-likeness (QED) is 0.413. The number of ether oxygens (including phenoxy) is 2. The predicted octanol–water partition coefficient (Wildman–Crippen LogP) is 4.42. The van der Waals surface area contributed by atoms with E-state index in [4.69, 9.17) is 9.47 Å². The van der Waals surface area contributed by atoms with Crippen LogP contribution in [0.25, 0.3) is 0 Å². The molecule has 2 aromatic carbocycles. The molecule has 4 nitrogen and oxygen atoms in total. The van der Waals surface area contributed by atoms with E-state index in [-0.39, 0.29) is 12.8 Å². The molecule has 0 aliphatic carbocycles. The Morgan fingerprint density at radius 1 is 0.708 bits per heavy atom. The SMILES string of the molecule is CSc1ccc(OC(=O)CCC(=O)Oc2ccc(SC)cc2)cc1. The van der Waals surface area contributed by atoms with E-state index < -0.39 is 11.9 Å². The van der Waals surface area contributed by atoms with Crippen LogP contribution in [0.15, 0.2) is 58.3 Å². The molecule has 0 spiro atoms. The number of carbonyl (C=O) groups is 2. The van der Waals surface area contributed by atoms with E-state index in [1.165, 1.54) is 0 Å². The van der Waals surface area contributed by atoms with Gasteiger partial charge in [-0.05, 0) is 61.0 Å². The lowest BCUT2D eigenvalue weighted by atomic mass is 10.3. The van der Waals surface area contributed by atoms with Crippen molar-refractivity contribution in [1.29, 1.82) is 0 Å². The second-order valence-electron chi connectivity index (χ2n) is 4.80. The third-order valence-electron chi connectivity index (χ3n) is 3.12. The molecular formula is C18H18O4S2. The molecule has 0 fully saturated rings. The van der Waals surface area contributed by atoms with Crippen LogP contribution in [0.3, 0.4) is 0 Å². The first-order valence-electron chi connectivity index (χ1n) is 7.30. The predicted molar refractivity (Wildman–Crippen MR) is 97.0 cm³/mol. The fraction of sp³-hybridized carbons (Fsp3) is 0.222. The second-order valence-corrected chi connectivity index (χ2v) is 6.56. The zero-order chi connectivity index (χ0) is 17.4. The van der Waals surface area contributed by atoms with Crippen molar-refractivity contribution in [3.8, 4) is 11.5 Å². The summed E-state index contributed by atoms with van der Waals surface area (Å²) in [7, 11) is 0. The van der Waals surface area contributed by atoms with Crippen LogP contribution in [-0.4, -0.2) is 24.5 Å². The van der Waals surface area contributed by atoms with Crippen molar-refractivity contribution in [1.82, 2.24) is 0 Å². The molecule has 0 atom stereocenters. The zero-order valence-corrected chi connectivity index (χ0v) is 15.1. The van der Waals surface area contributed by atoms with Crippen LogP contribution in [0, 0.1) is 0 Å². The summed E-state index contributed by atoms with van der Waals surface area (Å²) in [6.07, 6.45) is 3.90. The first kappa shape index (κ1) is 18.4. The minimum atomic E-state index is -0.457. The summed E-state index contributed by atoms with van der Waals surface area (Å²) in [6, 6.07) is 14.4. The zero-order valence-electron chi connectivity index (χ0n) is 13.5. The molecule has 0 N–H and O–H groups in total. The van der Waals surface area contributed by atoms with Gasteiger partial charge < -0.3 is 9.47 Å². The van der Waals surface area contributed by atoms with Gasteiger partial charge in [0.2, 0.25) is 0 Å². The molecule has 2 aromatic rings. The average Bonchev–Trinajstić information content (AvgIpc) is 2.61. The van der Waals surface area contributed by atoms with Gasteiger partial charge in [0.1, 0.15) is 11.5 Å². The largest absolute Gasteiger partial charge is 0.427 e. The van der Waals surface area contributed by atoms with Crippen LogP contribution in [0.2, 0.25) is 0 Å². The Kier molecular flexibility index (Phi) is 7.21. The highest BCUT2D eigenvalue weighted by Crippen LogP contribution is 2.20. The maximum atomic E-state index is 11.8. The lowest BCUT2D eigenvalue weighted by molar-refractivity contribution is -0.140. The van der Waals surface area contributed by atoms with Crippen molar-refractivity contribution in [3.63, 3.8) is 0 Å². The molecule has 0 aliphatic heterocycles. The molecule has 0 bridgehead atoms. The van der Waals surface area contributed by atoms with Crippen molar-refractivity contribution >= 4 is 35.5 Å². The van der Waals surface area contributed by atoms with Gasteiger partial charge in [-0.2, -0.15) is 0 Å². The van der Waals surface area contributed by atoms with Gasteiger partial charge in [-0.3, -0.25) is 9.59 Å². The van der Waals surface area contributed by atoms with Crippen LogP contribution in [-0.2, 0) is 9.59 Å². The monoisotopic (exact) mass is 362 g/mol. The molecule has 2 rings (SSSR count). The Bertz CT molecular complexity index is 620. The van der Waals surface area contributed by atoms with E-state index in [2.05, 4.69) is 0 Å². The summed E-state index contributed by atoms with van der Waals surface area (Å²) in [5.41, 5.74) is 0. The molecule has 0 radical (unpaired) electrons. The Morgan fingerprint density at radius 3 is 1.33 bits per heavy atom. The third-order valence-corrected chi connectivity index (χ3v) is 4.60. The number of carbonyl (C=O) groups excluding carboxylic acids is 2. The summed E-state index contributed by atoms with van der Waals surface area (Å²) in [4.78, 5) is 25.7. The number of hydrogen-bond donors (Lipinski definition) is 0. The fourth-order valence-electron chi connectivity index (χ4n) is 1.86. The number of benzene rings is 2. The Morgan fingerprint density at radius 2 is 1.04 bits per heavy atom. The second kappa shape index (κ2) is 9.39. The standard InChI is InChI=1S/C18H18O4S2/c1-23-15-7-3-13(4-8-15)21-17(19)11-12-18(20)22-14-5-9-16(24-2)10-6-14/h3-10H,11-12H2,1-2H3. The molecule has 126 valence electrons. The lowest BCUT2D eigenvalue weighted by Gasteiger charge is -2.06. The van der Waals surface area contributed by atoms with E-state index in [0.717, 1.165) is 9.79 Å². The molecule has 0 heterocycles. The normalized spacial score (nSPS) is 10.2. The first-order valence-corrected chi connectivity index (χ1v) is 9.75.